The first-order chi connectivity index (χ1) is 19.6. The molecule has 0 amide bonds. The van der Waals surface area contributed by atoms with Crippen LogP contribution >= 0.6 is 0 Å². The molecule has 2 saturated carbocycles. The molecule has 5 heteroatoms. The number of aromatic nitrogens is 1. The first-order valence-corrected chi connectivity index (χ1v) is 16.9. The van der Waals surface area contributed by atoms with Crippen LogP contribution in [-0.2, 0) is 27.7 Å². The maximum absolute atomic E-state index is 14.1. The largest absolute Gasteiger partial charge is 0.388 e. The van der Waals surface area contributed by atoms with Gasteiger partial charge in [-0.05, 0) is 139 Å². The molecular weight excluding hydrogens is 522 g/mol. The van der Waals surface area contributed by atoms with Gasteiger partial charge >= 0.3 is 0 Å². The molecule has 2 aromatic rings. The number of hydrogen-bond donors (Lipinski definition) is 2. The summed E-state index contributed by atoms with van der Waals surface area (Å²) in [5, 5.41) is 12.1. The Morgan fingerprint density at radius 1 is 0.905 bits per heavy atom. The van der Waals surface area contributed by atoms with Crippen LogP contribution in [0, 0.1) is 35.0 Å². The van der Waals surface area contributed by atoms with E-state index in [1.54, 1.807) is 0 Å². The Balaban J connectivity index is 1.20. The van der Waals surface area contributed by atoms with Gasteiger partial charge in [-0.15, -0.1) is 0 Å². The summed E-state index contributed by atoms with van der Waals surface area (Å²) in [7, 11) is 0. The predicted octanol–water partition coefficient (Wildman–Crippen LogP) is 7.30. The Morgan fingerprint density at radius 2 is 1.67 bits per heavy atom. The maximum atomic E-state index is 14.1. The topological polar surface area (TPSA) is 71.5 Å². The zero-order valence-electron chi connectivity index (χ0n) is 27.0. The average molecular weight is 574 g/mol. The third-order valence-corrected chi connectivity index (χ3v) is 14.2. The first-order valence-electron chi connectivity index (χ1n) is 16.9. The van der Waals surface area contributed by atoms with E-state index in [1.807, 2.05) is 13.8 Å². The van der Waals surface area contributed by atoms with Crippen LogP contribution in [0.5, 0.6) is 0 Å². The Morgan fingerprint density at radius 3 is 2.40 bits per heavy atom. The number of hydrogen-bond acceptors (Lipinski definition) is 4. The molecule has 6 aliphatic rings. The van der Waals surface area contributed by atoms with Crippen LogP contribution in [0.3, 0.4) is 0 Å². The van der Waals surface area contributed by atoms with Crippen molar-refractivity contribution in [2.75, 3.05) is 0 Å². The molecule has 9 atom stereocenters. The van der Waals surface area contributed by atoms with E-state index in [4.69, 9.17) is 9.47 Å². The lowest BCUT2D eigenvalue weighted by Crippen LogP contribution is -2.61. The molecule has 8 rings (SSSR count). The Kier molecular flexibility index (Phi) is 5.51. The average Bonchev–Trinajstić information content (AvgIpc) is 3.47. The molecule has 228 valence electrons. The van der Waals surface area contributed by atoms with E-state index in [-0.39, 0.29) is 46.3 Å². The molecule has 0 radical (unpaired) electrons. The summed E-state index contributed by atoms with van der Waals surface area (Å²) in [6, 6.07) is 4.31. The highest BCUT2D eigenvalue weighted by molar-refractivity contribution is 6.06. The molecule has 0 spiro atoms. The number of ketones is 1. The van der Waals surface area contributed by atoms with Crippen LogP contribution < -0.4 is 0 Å². The molecular formula is C37H51NO4. The van der Waals surface area contributed by atoms with Crippen LogP contribution in [0.2, 0.25) is 0 Å². The quantitative estimate of drug-likeness (QED) is 0.376. The zero-order chi connectivity index (χ0) is 29.8. The summed E-state index contributed by atoms with van der Waals surface area (Å²) in [5.74, 6) is 2.22. The minimum Gasteiger partial charge on any atom is -0.388 e. The number of Topliss-reactive ketones (excluding diaryl/α,β-unsaturated/α-hetero) is 1. The van der Waals surface area contributed by atoms with Gasteiger partial charge in [-0.3, -0.25) is 4.79 Å². The number of rotatable bonds is 1. The lowest BCUT2D eigenvalue weighted by Gasteiger charge is -2.63. The van der Waals surface area contributed by atoms with Crippen molar-refractivity contribution < 1.29 is 19.4 Å². The van der Waals surface area contributed by atoms with Gasteiger partial charge < -0.3 is 19.6 Å². The summed E-state index contributed by atoms with van der Waals surface area (Å²) in [5.41, 5.74) is 5.11. The molecule has 2 aliphatic heterocycles. The predicted molar refractivity (Wildman–Crippen MR) is 165 cm³/mol. The number of carbonyl (C=O) groups excluding carboxylic acids is 1. The molecule has 1 aromatic heterocycles. The van der Waals surface area contributed by atoms with Gasteiger partial charge in [0.1, 0.15) is 0 Å². The minimum atomic E-state index is -0.782. The molecule has 5 nitrogen and oxygen atoms in total. The van der Waals surface area contributed by atoms with Gasteiger partial charge in [-0.1, -0.05) is 13.8 Å². The maximum Gasteiger partial charge on any atom is 0.169 e. The fourth-order valence-corrected chi connectivity index (χ4v) is 12.1. The summed E-state index contributed by atoms with van der Waals surface area (Å²) >= 11 is 0. The van der Waals surface area contributed by atoms with Gasteiger partial charge in [-0.25, -0.2) is 0 Å². The summed E-state index contributed by atoms with van der Waals surface area (Å²) in [6.45, 7) is 17.6. The standard InChI is InChI=1S/C37H51NO4/c1-33(2,40)28-14-11-21-24-12-9-19-17-23-29-22-18-25-30(35(5,6)42-34(25,3)4)31(39)20(22)10-13-26(29)38-32(23)37(19,8)36(24,7)16-15-27(21)41-28/h10,13,19,21,24-25,27-28,30,38,40H,9,11-12,14-18H2,1-8H3/t19?,21?,24?,25?,27?,28?,30-,36+,37-/m1/s1. The van der Waals surface area contributed by atoms with Gasteiger partial charge in [0, 0.05) is 33.5 Å². The monoisotopic (exact) mass is 573 g/mol. The SMILES string of the molecule is CC(C)(O)C1CCC2C(CC[C@@]3(C)C2CCC2Cc4c([nH]c5ccc6c(c45)CC4[C@H](C6=O)C(C)(C)OC4(C)C)[C@@]23C)O1. The van der Waals surface area contributed by atoms with Crippen molar-refractivity contribution in [3.8, 4) is 0 Å². The Bertz CT molecular complexity index is 1490. The van der Waals surface area contributed by atoms with E-state index in [1.165, 1.54) is 47.0 Å². The molecule has 4 aliphatic carbocycles. The molecule has 3 heterocycles. The van der Waals surface area contributed by atoms with E-state index in [2.05, 4.69) is 58.7 Å². The van der Waals surface area contributed by atoms with Crippen LogP contribution in [0.1, 0.15) is 121 Å². The third-order valence-electron chi connectivity index (χ3n) is 14.2. The van der Waals surface area contributed by atoms with Crippen molar-refractivity contribution >= 4 is 16.7 Å². The summed E-state index contributed by atoms with van der Waals surface area (Å²) in [4.78, 5) is 18.1. The summed E-state index contributed by atoms with van der Waals surface area (Å²) < 4.78 is 13.2. The van der Waals surface area contributed by atoms with Crippen LogP contribution in [0.4, 0.5) is 0 Å². The highest BCUT2D eigenvalue weighted by atomic mass is 16.5. The number of carbonyl (C=O) groups is 1. The fraction of sp³-hybridized carbons (Fsp3) is 0.757. The number of H-pyrrole nitrogens is 1. The Hall–Kier alpha value is -1.69. The molecule has 4 fully saturated rings. The lowest BCUT2D eigenvalue weighted by molar-refractivity contribution is -0.210. The molecule has 6 unspecified atom stereocenters. The van der Waals surface area contributed by atoms with Crippen molar-refractivity contribution in [2.24, 2.45) is 35.0 Å². The number of nitrogens with one attached hydrogen (secondary N) is 1. The molecule has 1 aromatic carbocycles. The van der Waals surface area contributed by atoms with Crippen molar-refractivity contribution in [3.05, 3.63) is 34.5 Å². The number of ether oxygens (including phenoxy) is 2. The molecule has 0 bridgehead atoms. The van der Waals surface area contributed by atoms with Gasteiger partial charge in [0.15, 0.2) is 5.78 Å². The van der Waals surface area contributed by atoms with E-state index in [0.29, 0.717) is 17.8 Å². The van der Waals surface area contributed by atoms with E-state index >= 15 is 0 Å². The second-order valence-corrected chi connectivity index (χ2v) is 17.3. The molecule has 2 saturated heterocycles. The molecule has 42 heavy (non-hydrogen) atoms. The Labute approximate surface area is 251 Å². The van der Waals surface area contributed by atoms with E-state index in [0.717, 1.165) is 37.7 Å². The van der Waals surface area contributed by atoms with E-state index in [9.17, 15) is 9.90 Å². The number of aromatic amines is 1. The van der Waals surface area contributed by atoms with Gasteiger partial charge in [0.05, 0.1) is 34.9 Å². The second-order valence-electron chi connectivity index (χ2n) is 17.3. The van der Waals surface area contributed by atoms with E-state index < -0.39 is 11.2 Å². The highest BCUT2D eigenvalue weighted by Crippen LogP contribution is 2.69. The first kappa shape index (κ1) is 27.8. The smallest absolute Gasteiger partial charge is 0.169 e. The van der Waals surface area contributed by atoms with Crippen molar-refractivity contribution in [2.45, 2.75) is 141 Å². The lowest BCUT2D eigenvalue weighted by atomic mass is 9.43. The van der Waals surface area contributed by atoms with Crippen molar-refractivity contribution in [1.82, 2.24) is 4.98 Å². The summed E-state index contributed by atoms with van der Waals surface area (Å²) in [6.07, 6.45) is 9.13. The van der Waals surface area contributed by atoms with Crippen LogP contribution in [0.25, 0.3) is 10.9 Å². The van der Waals surface area contributed by atoms with Gasteiger partial charge in [-0.2, -0.15) is 0 Å². The third kappa shape index (κ3) is 3.34. The van der Waals surface area contributed by atoms with Crippen molar-refractivity contribution in [1.29, 1.82) is 0 Å². The van der Waals surface area contributed by atoms with Crippen LogP contribution in [-0.4, -0.2) is 44.9 Å². The zero-order valence-corrected chi connectivity index (χ0v) is 27.0. The fourth-order valence-electron chi connectivity index (χ4n) is 12.1. The van der Waals surface area contributed by atoms with Crippen LogP contribution in [0.15, 0.2) is 12.1 Å². The van der Waals surface area contributed by atoms with Gasteiger partial charge in [0.2, 0.25) is 0 Å². The normalized spacial score (nSPS) is 43.3. The number of benzene rings is 1. The molecule has 2 N–H and O–H groups in total. The van der Waals surface area contributed by atoms with Gasteiger partial charge in [0.25, 0.3) is 0 Å². The van der Waals surface area contributed by atoms with Crippen molar-refractivity contribution in [3.63, 3.8) is 0 Å². The number of fused-ring (bicyclic) bond motifs is 12. The second kappa shape index (κ2) is 8.31. The minimum absolute atomic E-state index is 0.0591. The highest BCUT2D eigenvalue weighted by Gasteiger charge is 2.65. The number of aliphatic hydroxyl groups is 1.